The number of methoxy groups -OCH3 is 1. The molecule has 1 atom stereocenters. The van der Waals surface area contributed by atoms with Crippen molar-refractivity contribution in [3.63, 3.8) is 0 Å². The first-order chi connectivity index (χ1) is 16.6. The quantitative estimate of drug-likeness (QED) is 0.553. The maximum Gasteiger partial charge on any atom is 0.250 e. The minimum absolute atomic E-state index is 0.0436. The molecule has 1 unspecified atom stereocenters. The number of carbonyl (C=O) groups excluding carboxylic acids is 1. The third kappa shape index (κ3) is 4.29. The van der Waals surface area contributed by atoms with E-state index in [-0.39, 0.29) is 11.8 Å². The van der Waals surface area contributed by atoms with Crippen molar-refractivity contribution in [1.29, 1.82) is 0 Å². The van der Waals surface area contributed by atoms with Crippen LogP contribution in [0.1, 0.15) is 31.0 Å². The lowest BCUT2D eigenvalue weighted by molar-refractivity contribution is -0.134. The van der Waals surface area contributed by atoms with E-state index in [0.29, 0.717) is 37.7 Å². The lowest BCUT2D eigenvalue weighted by Crippen LogP contribution is -2.41. The lowest BCUT2D eigenvalue weighted by Gasteiger charge is -2.31. The molecule has 180 valence electrons. The Morgan fingerprint density at radius 1 is 1.24 bits per heavy atom. The number of hydrogen-bond donors (Lipinski definition) is 0. The molecule has 0 aromatic carbocycles. The molecule has 34 heavy (non-hydrogen) atoms. The second-order valence-corrected chi connectivity index (χ2v) is 8.77. The molecular formula is C24H29FN6O3. The van der Waals surface area contributed by atoms with E-state index in [1.165, 1.54) is 13.2 Å². The van der Waals surface area contributed by atoms with Gasteiger partial charge in [-0.1, -0.05) is 0 Å². The average molecular weight is 469 g/mol. The zero-order chi connectivity index (χ0) is 23.7. The van der Waals surface area contributed by atoms with Gasteiger partial charge in [-0.15, -0.1) is 0 Å². The van der Waals surface area contributed by atoms with Crippen LogP contribution in [0.3, 0.4) is 0 Å². The number of nitrogens with zero attached hydrogens (tertiary/aromatic N) is 6. The SMILES string of the molecule is CCN1CC(Cn2cc(-c3nn(-c4cnc(OC)c(F)c4)c4c3CCOCC4)cn2)CCC1=O. The zero-order valence-corrected chi connectivity index (χ0v) is 19.5. The van der Waals surface area contributed by atoms with Crippen LogP contribution < -0.4 is 4.74 Å². The van der Waals surface area contributed by atoms with E-state index >= 15 is 0 Å². The zero-order valence-electron chi connectivity index (χ0n) is 19.5. The molecular weight excluding hydrogens is 439 g/mol. The van der Waals surface area contributed by atoms with Crippen molar-refractivity contribution in [2.45, 2.75) is 39.2 Å². The second kappa shape index (κ2) is 9.54. The van der Waals surface area contributed by atoms with Gasteiger partial charge in [0.1, 0.15) is 0 Å². The van der Waals surface area contributed by atoms with Gasteiger partial charge in [0.2, 0.25) is 11.8 Å². The van der Waals surface area contributed by atoms with Crippen LogP contribution in [0, 0.1) is 11.7 Å². The molecule has 0 bridgehead atoms. The van der Waals surface area contributed by atoms with Crippen molar-refractivity contribution >= 4 is 5.91 Å². The largest absolute Gasteiger partial charge is 0.479 e. The Morgan fingerprint density at radius 2 is 2.09 bits per heavy atom. The number of carbonyl (C=O) groups is 1. The molecule has 9 nitrogen and oxygen atoms in total. The Bertz CT molecular complexity index is 1190. The van der Waals surface area contributed by atoms with Crippen LogP contribution >= 0.6 is 0 Å². The van der Waals surface area contributed by atoms with Gasteiger partial charge < -0.3 is 14.4 Å². The van der Waals surface area contributed by atoms with Gasteiger partial charge in [-0.2, -0.15) is 10.2 Å². The minimum atomic E-state index is -0.532. The van der Waals surface area contributed by atoms with E-state index in [9.17, 15) is 9.18 Å². The molecule has 3 aromatic heterocycles. The highest BCUT2D eigenvalue weighted by atomic mass is 19.1. The summed E-state index contributed by atoms with van der Waals surface area (Å²) in [6.45, 7) is 5.47. The number of hydrogen-bond acceptors (Lipinski definition) is 6. The number of rotatable bonds is 6. The molecule has 1 saturated heterocycles. The van der Waals surface area contributed by atoms with Crippen LogP contribution in [-0.2, 0) is 28.9 Å². The molecule has 2 aliphatic heterocycles. The topological polar surface area (TPSA) is 87.3 Å². The molecule has 0 aliphatic carbocycles. The van der Waals surface area contributed by atoms with Gasteiger partial charge >= 0.3 is 0 Å². The Kier molecular flexibility index (Phi) is 6.32. The van der Waals surface area contributed by atoms with Crippen LogP contribution in [0.4, 0.5) is 4.39 Å². The number of likely N-dealkylation sites (tertiary alicyclic amines) is 1. The highest BCUT2D eigenvalue weighted by molar-refractivity contribution is 5.76. The average Bonchev–Trinajstić information content (AvgIpc) is 3.36. The van der Waals surface area contributed by atoms with E-state index in [0.717, 1.165) is 55.0 Å². The Labute approximate surface area is 197 Å². The number of amides is 1. The first-order valence-electron chi connectivity index (χ1n) is 11.8. The molecule has 2 aliphatic rings. The normalized spacial score (nSPS) is 18.6. The Morgan fingerprint density at radius 3 is 2.88 bits per heavy atom. The van der Waals surface area contributed by atoms with E-state index in [2.05, 4.69) is 10.1 Å². The van der Waals surface area contributed by atoms with Crippen molar-refractivity contribution in [2.24, 2.45) is 5.92 Å². The number of ether oxygens (including phenoxy) is 2. The van der Waals surface area contributed by atoms with Gasteiger partial charge in [0.15, 0.2) is 5.82 Å². The Balaban J connectivity index is 1.45. The van der Waals surface area contributed by atoms with Crippen molar-refractivity contribution < 1.29 is 18.7 Å². The van der Waals surface area contributed by atoms with Crippen LogP contribution in [0.5, 0.6) is 5.88 Å². The summed E-state index contributed by atoms with van der Waals surface area (Å²) in [6.07, 6.45) is 8.28. The monoisotopic (exact) mass is 468 g/mol. The lowest BCUT2D eigenvalue weighted by atomic mass is 9.97. The maximum atomic E-state index is 14.4. The van der Waals surface area contributed by atoms with E-state index < -0.39 is 5.82 Å². The van der Waals surface area contributed by atoms with Crippen molar-refractivity contribution in [1.82, 2.24) is 29.4 Å². The van der Waals surface area contributed by atoms with Crippen LogP contribution in [0.25, 0.3) is 16.9 Å². The van der Waals surface area contributed by atoms with Gasteiger partial charge in [-0.3, -0.25) is 9.48 Å². The first kappa shape index (κ1) is 22.5. The molecule has 1 amide bonds. The summed E-state index contributed by atoms with van der Waals surface area (Å²) in [5.41, 5.74) is 4.38. The van der Waals surface area contributed by atoms with Crippen LogP contribution in [0.2, 0.25) is 0 Å². The summed E-state index contributed by atoms with van der Waals surface area (Å²) in [5, 5.41) is 9.46. The number of aromatic nitrogens is 5. The third-order valence-electron chi connectivity index (χ3n) is 6.63. The molecule has 3 aromatic rings. The van der Waals surface area contributed by atoms with Gasteiger partial charge in [0.25, 0.3) is 0 Å². The summed E-state index contributed by atoms with van der Waals surface area (Å²) >= 11 is 0. The fraction of sp³-hybridized carbons (Fsp3) is 0.500. The molecule has 1 fully saturated rings. The van der Waals surface area contributed by atoms with E-state index in [4.69, 9.17) is 14.6 Å². The maximum absolute atomic E-state index is 14.4. The first-order valence-corrected chi connectivity index (χ1v) is 11.8. The summed E-state index contributed by atoms with van der Waals surface area (Å²) in [6, 6.07) is 1.39. The van der Waals surface area contributed by atoms with E-state index in [1.54, 1.807) is 10.9 Å². The second-order valence-electron chi connectivity index (χ2n) is 8.77. The standard InChI is InChI=1S/C24H29FN6O3/c1-3-29-13-16(4-5-22(29)32)14-30-15-17(11-27-30)23-19-6-8-34-9-7-21(19)31(28-23)18-10-20(25)24(33-2)26-12-18/h10-12,15-16H,3-9,13-14H2,1-2H3. The van der Waals surface area contributed by atoms with Crippen molar-refractivity contribution in [3.8, 4) is 22.8 Å². The third-order valence-corrected chi connectivity index (χ3v) is 6.63. The molecule has 0 radical (unpaired) electrons. The van der Waals surface area contributed by atoms with Gasteiger partial charge in [0, 0.05) is 55.9 Å². The molecule has 0 saturated carbocycles. The molecule has 5 rings (SSSR count). The number of pyridine rings is 1. The summed E-state index contributed by atoms with van der Waals surface area (Å²) < 4.78 is 28.8. The highest BCUT2D eigenvalue weighted by Crippen LogP contribution is 2.31. The summed E-state index contributed by atoms with van der Waals surface area (Å²) in [7, 11) is 1.39. The number of piperidine rings is 1. The van der Waals surface area contributed by atoms with Gasteiger partial charge in [-0.05, 0) is 25.7 Å². The molecule has 5 heterocycles. The van der Waals surface area contributed by atoms with Crippen LogP contribution in [0.15, 0.2) is 24.7 Å². The fourth-order valence-electron chi connectivity index (χ4n) is 4.87. The molecule has 0 N–H and O–H groups in total. The summed E-state index contributed by atoms with van der Waals surface area (Å²) in [5.74, 6) is 0.0371. The van der Waals surface area contributed by atoms with Crippen molar-refractivity contribution in [2.75, 3.05) is 33.4 Å². The van der Waals surface area contributed by atoms with Gasteiger partial charge in [0.05, 0.1) is 49.8 Å². The summed E-state index contributed by atoms with van der Waals surface area (Å²) in [4.78, 5) is 18.0. The van der Waals surface area contributed by atoms with Crippen molar-refractivity contribution in [3.05, 3.63) is 41.7 Å². The van der Waals surface area contributed by atoms with Crippen LogP contribution in [-0.4, -0.2) is 68.8 Å². The number of halogens is 1. The Hall–Kier alpha value is -3.27. The minimum Gasteiger partial charge on any atom is -0.479 e. The smallest absolute Gasteiger partial charge is 0.250 e. The van der Waals surface area contributed by atoms with Gasteiger partial charge in [-0.25, -0.2) is 14.1 Å². The van der Waals surface area contributed by atoms with E-state index in [1.807, 2.05) is 28.9 Å². The predicted molar refractivity (Wildman–Crippen MR) is 122 cm³/mol. The highest BCUT2D eigenvalue weighted by Gasteiger charge is 2.26. The molecule has 0 spiro atoms. The predicted octanol–water partition coefficient (Wildman–Crippen LogP) is 2.65. The number of fused-ring (bicyclic) bond motifs is 1. The molecule has 10 heteroatoms. The fourth-order valence-corrected chi connectivity index (χ4v) is 4.87.